The Kier molecular flexibility index (Phi) is 3.34. The second-order valence-corrected chi connectivity index (χ2v) is 5.02. The molecular formula is C14H15N3O4. The first kappa shape index (κ1) is 13.6. The fourth-order valence-electron chi connectivity index (χ4n) is 2.64. The van der Waals surface area contributed by atoms with Crippen LogP contribution in [-0.4, -0.2) is 57.1 Å². The Morgan fingerprint density at radius 2 is 2.24 bits per heavy atom. The molecule has 0 saturated carbocycles. The number of pyridine rings is 1. The number of likely N-dealkylation sites (tertiary alicyclic amines) is 1. The zero-order chi connectivity index (χ0) is 15.0. The highest BCUT2D eigenvalue weighted by Crippen LogP contribution is 2.22. The van der Waals surface area contributed by atoms with Gasteiger partial charge >= 0.3 is 5.97 Å². The topological polar surface area (TPSA) is 84.1 Å². The van der Waals surface area contributed by atoms with Crippen molar-refractivity contribution in [3.05, 3.63) is 36.3 Å². The normalized spacial score (nSPS) is 21.9. The van der Waals surface area contributed by atoms with E-state index in [1.54, 1.807) is 35.1 Å². The van der Waals surface area contributed by atoms with E-state index in [-0.39, 0.29) is 18.6 Å². The lowest BCUT2D eigenvalue weighted by Crippen LogP contribution is -2.40. The number of ether oxygens (including phenoxy) is 1. The lowest BCUT2D eigenvalue weighted by Gasteiger charge is -2.21. The molecule has 1 saturated heterocycles. The minimum absolute atomic E-state index is 0.243. The molecule has 0 aromatic carbocycles. The third kappa shape index (κ3) is 2.36. The molecule has 3 heterocycles. The van der Waals surface area contributed by atoms with Gasteiger partial charge in [0.1, 0.15) is 11.7 Å². The number of imidazole rings is 1. The number of carboxylic acids is 1. The van der Waals surface area contributed by atoms with Gasteiger partial charge in [0.15, 0.2) is 0 Å². The minimum Gasteiger partial charge on any atom is -0.480 e. The largest absolute Gasteiger partial charge is 0.480 e. The van der Waals surface area contributed by atoms with Gasteiger partial charge in [-0.3, -0.25) is 4.79 Å². The molecule has 1 fully saturated rings. The van der Waals surface area contributed by atoms with Crippen molar-refractivity contribution in [1.29, 1.82) is 0 Å². The van der Waals surface area contributed by atoms with Crippen LogP contribution in [-0.2, 0) is 9.53 Å². The molecule has 2 aromatic rings. The highest BCUT2D eigenvalue weighted by Gasteiger charge is 2.40. The summed E-state index contributed by atoms with van der Waals surface area (Å²) in [5.41, 5.74) is 1.17. The molecule has 3 rings (SSSR count). The summed E-state index contributed by atoms with van der Waals surface area (Å²) in [6, 6.07) is 2.54. The number of fused-ring (bicyclic) bond motifs is 1. The van der Waals surface area contributed by atoms with Gasteiger partial charge in [-0.1, -0.05) is 0 Å². The Hall–Kier alpha value is -2.41. The number of rotatable bonds is 3. The van der Waals surface area contributed by atoms with E-state index in [1.165, 1.54) is 12.0 Å². The Labute approximate surface area is 120 Å². The molecule has 2 unspecified atom stereocenters. The van der Waals surface area contributed by atoms with Gasteiger partial charge in [0.2, 0.25) is 0 Å². The lowest BCUT2D eigenvalue weighted by atomic mass is 10.2. The van der Waals surface area contributed by atoms with Crippen molar-refractivity contribution >= 4 is 17.5 Å². The second kappa shape index (κ2) is 5.17. The maximum absolute atomic E-state index is 12.6. The Morgan fingerprint density at radius 3 is 2.95 bits per heavy atom. The van der Waals surface area contributed by atoms with Crippen molar-refractivity contribution in [2.75, 3.05) is 13.7 Å². The standard InChI is InChI=1S/C14H15N3O4/c1-21-10-6-11(14(19)20)17(8-10)13(18)9-2-3-12-15-4-5-16(12)7-9/h2-5,7,10-11H,6,8H2,1H3,(H,19,20). The first-order valence-electron chi connectivity index (χ1n) is 6.59. The predicted molar refractivity (Wildman–Crippen MR) is 73.1 cm³/mol. The monoisotopic (exact) mass is 289 g/mol. The van der Waals surface area contributed by atoms with Gasteiger partial charge in [0, 0.05) is 38.7 Å². The van der Waals surface area contributed by atoms with E-state index in [2.05, 4.69) is 4.98 Å². The molecule has 0 bridgehead atoms. The van der Waals surface area contributed by atoms with Gasteiger partial charge in [-0.15, -0.1) is 0 Å². The Balaban J connectivity index is 1.90. The fraction of sp³-hybridized carbons (Fsp3) is 0.357. The van der Waals surface area contributed by atoms with Gasteiger partial charge in [0.25, 0.3) is 5.91 Å². The van der Waals surface area contributed by atoms with Gasteiger partial charge in [-0.25, -0.2) is 9.78 Å². The van der Waals surface area contributed by atoms with Crippen LogP contribution in [0.5, 0.6) is 0 Å². The predicted octanol–water partition coefficient (Wildman–Crippen LogP) is 0.648. The van der Waals surface area contributed by atoms with Crippen molar-refractivity contribution in [3.63, 3.8) is 0 Å². The summed E-state index contributed by atoms with van der Waals surface area (Å²) < 4.78 is 6.92. The molecule has 1 aliphatic heterocycles. The number of hydrogen-bond acceptors (Lipinski definition) is 4. The van der Waals surface area contributed by atoms with Gasteiger partial charge in [-0.05, 0) is 12.1 Å². The summed E-state index contributed by atoms with van der Waals surface area (Å²) in [6.07, 6.45) is 5.10. The van der Waals surface area contributed by atoms with Crippen LogP contribution in [0.25, 0.3) is 5.65 Å². The van der Waals surface area contributed by atoms with Crippen LogP contribution in [0.3, 0.4) is 0 Å². The average molecular weight is 289 g/mol. The zero-order valence-corrected chi connectivity index (χ0v) is 11.5. The third-order valence-electron chi connectivity index (χ3n) is 3.78. The fourth-order valence-corrected chi connectivity index (χ4v) is 2.64. The van der Waals surface area contributed by atoms with Crippen LogP contribution in [0.4, 0.5) is 0 Å². The third-order valence-corrected chi connectivity index (χ3v) is 3.78. The quantitative estimate of drug-likeness (QED) is 0.896. The molecule has 1 N–H and O–H groups in total. The number of hydrogen-bond donors (Lipinski definition) is 1. The van der Waals surface area contributed by atoms with Crippen molar-refractivity contribution < 1.29 is 19.4 Å². The number of nitrogens with zero attached hydrogens (tertiary/aromatic N) is 3. The van der Waals surface area contributed by atoms with Crippen LogP contribution in [0, 0.1) is 0 Å². The molecule has 1 aliphatic rings. The molecule has 7 heteroatoms. The highest BCUT2D eigenvalue weighted by molar-refractivity contribution is 5.97. The molecular weight excluding hydrogens is 274 g/mol. The minimum atomic E-state index is -1.01. The van der Waals surface area contributed by atoms with E-state index >= 15 is 0 Å². The van der Waals surface area contributed by atoms with E-state index in [1.807, 2.05) is 0 Å². The second-order valence-electron chi connectivity index (χ2n) is 5.02. The Morgan fingerprint density at radius 1 is 1.43 bits per heavy atom. The average Bonchev–Trinajstić information content (AvgIpc) is 3.11. The number of carboxylic acid groups (broad SMARTS) is 1. The molecule has 1 amide bonds. The van der Waals surface area contributed by atoms with E-state index in [0.717, 1.165) is 5.65 Å². The summed E-state index contributed by atoms with van der Waals surface area (Å²) in [5.74, 6) is -1.32. The lowest BCUT2D eigenvalue weighted by molar-refractivity contribution is -0.141. The molecule has 7 nitrogen and oxygen atoms in total. The van der Waals surface area contributed by atoms with E-state index in [0.29, 0.717) is 12.0 Å². The number of carbonyl (C=O) groups is 2. The van der Waals surface area contributed by atoms with Gasteiger partial charge in [-0.2, -0.15) is 0 Å². The summed E-state index contributed by atoms with van der Waals surface area (Å²) in [4.78, 5) is 29.3. The van der Waals surface area contributed by atoms with Crippen molar-refractivity contribution in [2.24, 2.45) is 0 Å². The Bertz CT molecular complexity index is 696. The molecule has 0 spiro atoms. The molecule has 110 valence electrons. The molecule has 0 aliphatic carbocycles. The van der Waals surface area contributed by atoms with Gasteiger partial charge < -0.3 is 19.1 Å². The van der Waals surface area contributed by atoms with E-state index < -0.39 is 12.0 Å². The van der Waals surface area contributed by atoms with Crippen molar-refractivity contribution in [1.82, 2.24) is 14.3 Å². The smallest absolute Gasteiger partial charge is 0.326 e. The van der Waals surface area contributed by atoms with E-state index in [4.69, 9.17) is 4.74 Å². The summed E-state index contributed by atoms with van der Waals surface area (Å²) in [5, 5.41) is 9.27. The maximum Gasteiger partial charge on any atom is 0.326 e. The first-order chi connectivity index (χ1) is 10.1. The number of amides is 1. The van der Waals surface area contributed by atoms with Gasteiger partial charge in [0.05, 0.1) is 11.7 Å². The molecule has 0 radical (unpaired) electrons. The SMILES string of the molecule is COC1CC(C(=O)O)N(C(=O)c2ccc3nccn3c2)C1. The van der Waals surface area contributed by atoms with Crippen LogP contribution >= 0.6 is 0 Å². The summed E-state index contributed by atoms with van der Waals surface area (Å²) in [6.45, 7) is 0.286. The van der Waals surface area contributed by atoms with Crippen molar-refractivity contribution in [2.45, 2.75) is 18.6 Å². The van der Waals surface area contributed by atoms with Crippen LogP contribution in [0.2, 0.25) is 0 Å². The van der Waals surface area contributed by atoms with Crippen LogP contribution in [0.15, 0.2) is 30.7 Å². The first-order valence-corrected chi connectivity index (χ1v) is 6.59. The molecule has 2 atom stereocenters. The highest BCUT2D eigenvalue weighted by atomic mass is 16.5. The summed E-state index contributed by atoms with van der Waals surface area (Å²) in [7, 11) is 1.52. The molecule has 2 aromatic heterocycles. The summed E-state index contributed by atoms with van der Waals surface area (Å²) >= 11 is 0. The number of aromatic nitrogens is 2. The van der Waals surface area contributed by atoms with Crippen LogP contribution in [0.1, 0.15) is 16.8 Å². The molecule has 21 heavy (non-hydrogen) atoms. The van der Waals surface area contributed by atoms with E-state index in [9.17, 15) is 14.7 Å². The number of aliphatic carboxylic acids is 1. The number of carbonyl (C=O) groups excluding carboxylic acids is 1. The van der Waals surface area contributed by atoms with Crippen LogP contribution < -0.4 is 0 Å². The zero-order valence-electron chi connectivity index (χ0n) is 11.5. The van der Waals surface area contributed by atoms with Crippen molar-refractivity contribution in [3.8, 4) is 0 Å². The maximum atomic E-state index is 12.6. The number of methoxy groups -OCH3 is 1.